The number of hydrogen-bond acceptors (Lipinski definition) is 5. The number of rotatable bonds is 14. The standard InChI is InChI=1S/C20H21N3O2.C17H26O2/c1-13(24)19(10-16-12-22-18-8-3-2-7-17(16)18)23-20(25)15-6-4-5-14(9-15)11-21;1-4-7-13-17(5-2,16(18)19-6-3)14-15-11-9-8-10-12-15/h2-9,12,19,22H,10-11,21H2,1H3,(H,23,25);8-12H,4-7,13-14H2,1-3H3/t19-;17-/m10/s1. The number of carbonyl (C=O) groups excluding carboxylic acids is 3. The number of fused-ring (bicyclic) bond motifs is 1. The van der Waals surface area contributed by atoms with Gasteiger partial charge in [-0.1, -0.05) is 87.4 Å². The topological polar surface area (TPSA) is 114 Å². The summed E-state index contributed by atoms with van der Waals surface area (Å²) >= 11 is 0. The van der Waals surface area contributed by atoms with Crippen molar-refractivity contribution >= 4 is 28.6 Å². The van der Waals surface area contributed by atoms with Crippen LogP contribution in [0.2, 0.25) is 0 Å². The number of unbranched alkanes of at least 4 members (excludes halogenated alkanes) is 1. The van der Waals surface area contributed by atoms with Crippen LogP contribution in [0, 0.1) is 5.41 Å². The van der Waals surface area contributed by atoms with Crippen LogP contribution in [0.4, 0.5) is 0 Å². The molecule has 0 saturated carbocycles. The molecule has 0 aliphatic carbocycles. The van der Waals surface area contributed by atoms with Gasteiger partial charge in [0, 0.05) is 35.6 Å². The number of nitrogens with two attached hydrogens (primary N) is 1. The predicted octanol–water partition coefficient (Wildman–Crippen LogP) is 6.94. The smallest absolute Gasteiger partial charge is 0.312 e. The second-order valence-corrected chi connectivity index (χ2v) is 11.2. The molecular weight excluding hydrogens is 550 g/mol. The third-order valence-electron chi connectivity index (χ3n) is 8.10. The van der Waals surface area contributed by atoms with Gasteiger partial charge in [-0.25, -0.2) is 0 Å². The van der Waals surface area contributed by atoms with Crippen molar-refractivity contribution in [1.82, 2.24) is 10.3 Å². The first-order valence-electron chi connectivity index (χ1n) is 15.6. The van der Waals surface area contributed by atoms with Crippen LogP contribution in [0.5, 0.6) is 0 Å². The SMILES string of the molecule is CC(=O)[C@@H](Cc1c[nH]c2ccccc12)NC(=O)c1cccc(CN)c1.CCCC[C@@](CC)(Cc1ccccc1)C(=O)OCC. The van der Waals surface area contributed by atoms with E-state index in [1.54, 1.807) is 18.2 Å². The lowest BCUT2D eigenvalue weighted by Gasteiger charge is -2.30. The van der Waals surface area contributed by atoms with Gasteiger partial charge in [0.15, 0.2) is 5.78 Å². The summed E-state index contributed by atoms with van der Waals surface area (Å²) < 4.78 is 5.33. The van der Waals surface area contributed by atoms with E-state index in [0.29, 0.717) is 25.1 Å². The van der Waals surface area contributed by atoms with Crippen molar-refractivity contribution in [3.63, 3.8) is 0 Å². The summed E-state index contributed by atoms with van der Waals surface area (Å²) in [5.41, 5.74) is 9.89. The number of benzene rings is 3. The molecule has 1 heterocycles. The van der Waals surface area contributed by atoms with Crippen molar-refractivity contribution in [1.29, 1.82) is 0 Å². The minimum absolute atomic E-state index is 0.0326. The van der Waals surface area contributed by atoms with Crippen molar-refractivity contribution in [2.24, 2.45) is 11.1 Å². The average molecular weight is 598 g/mol. The summed E-state index contributed by atoms with van der Waals surface area (Å²) in [6.45, 7) is 8.45. The van der Waals surface area contributed by atoms with E-state index in [-0.39, 0.29) is 23.1 Å². The van der Waals surface area contributed by atoms with Crippen molar-refractivity contribution in [2.75, 3.05) is 6.61 Å². The van der Waals surface area contributed by atoms with Crippen LogP contribution in [0.1, 0.15) is 80.4 Å². The van der Waals surface area contributed by atoms with E-state index in [1.807, 2.05) is 61.7 Å². The van der Waals surface area contributed by atoms with E-state index in [0.717, 1.165) is 54.1 Å². The van der Waals surface area contributed by atoms with E-state index in [1.165, 1.54) is 12.5 Å². The molecule has 4 aromatic rings. The van der Waals surface area contributed by atoms with E-state index < -0.39 is 6.04 Å². The van der Waals surface area contributed by atoms with Crippen LogP contribution in [-0.2, 0) is 33.7 Å². The maximum absolute atomic E-state index is 12.5. The van der Waals surface area contributed by atoms with E-state index in [2.05, 4.69) is 36.3 Å². The Bertz CT molecular complexity index is 1500. The van der Waals surface area contributed by atoms with E-state index in [9.17, 15) is 14.4 Å². The van der Waals surface area contributed by atoms with Gasteiger partial charge in [0.1, 0.15) is 0 Å². The lowest BCUT2D eigenvalue weighted by atomic mass is 9.75. The van der Waals surface area contributed by atoms with Crippen LogP contribution < -0.4 is 11.1 Å². The molecule has 1 aromatic heterocycles. The Labute approximate surface area is 261 Å². The zero-order chi connectivity index (χ0) is 32.0. The first-order chi connectivity index (χ1) is 21.3. The number of nitrogens with one attached hydrogen (secondary N) is 2. The molecule has 0 spiro atoms. The van der Waals surface area contributed by atoms with Crippen LogP contribution >= 0.6 is 0 Å². The van der Waals surface area contributed by atoms with E-state index >= 15 is 0 Å². The van der Waals surface area contributed by atoms with Crippen LogP contribution in [-0.4, -0.2) is 35.3 Å². The molecule has 0 bridgehead atoms. The number of aromatic amines is 1. The molecule has 4 rings (SSSR count). The number of Topliss-reactive ketones (excluding diaryl/α,β-unsaturated/α-hetero) is 1. The Kier molecular flexibility index (Phi) is 13.4. The van der Waals surface area contributed by atoms with Crippen LogP contribution in [0.3, 0.4) is 0 Å². The molecule has 44 heavy (non-hydrogen) atoms. The quantitative estimate of drug-likeness (QED) is 0.136. The Morgan fingerprint density at radius 1 is 0.932 bits per heavy atom. The molecule has 234 valence electrons. The summed E-state index contributed by atoms with van der Waals surface area (Å²) in [4.78, 5) is 40.1. The fourth-order valence-electron chi connectivity index (χ4n) is 5.39. The molecule has 2 atom stereocenters. The molecule has 7 nitrogen and oxygen atoms in total. The highest BCUT2D eigenvalue weighted by atomic mass is 16.5. The molecule has 0 fully saturated rings. The van der Waals surface area contributed by atoms with Gasteiger partial charge in [0.2, 0.25) is 0 Å². The number of aromatic nitrogens is 1. The summed E-state index contributed by atoms with van der Waals surface area (Å²) in [6, 6.07) is 24.7. The van der Waals surface area contributed by atoms with Crippen LogP contribution in [0.15, 0.2) is 85.1 Å². The average Bonchev–Trinajstić information content (AvgIpc) is 3.46. The summed E-state index contributed by atoms with van der Waals surface area (Å²) in [5.74, 6) is -0.376. The normalized spacial score (nSPS) is 12.8. The number of hydrogen-bond donors (Lipinski definition) is 3. The third kappa shape index (κ3) is 9.38. The van der Waals surface area contributed by atoms with Gasteiger partial charge >= 0.3 is 5.97 Å². The summed E-state index contributed by atoms with van der Waals surface area (Å²) in [5, 5.41) is 3.91. The third-order valence-corrected chi connectivity index (χ3v) is 8.10. The Morgan fingerprint density at radius 3 is 2.30 bits per heavy atom. The number of esters is 1. The summed E-state index contributed by atoms with van der Waals surface area (Å²) in [6.07, 6.45) is 7.04. The molecule has 0 radical (unpaired) electrons. The van der Waals surface area contributed by atoms with Crippen molar-refractivity contribution in [2.45, 2.75) is 78.8 Å². The van der Waals surface area contributed by atoms with Crippen molar-refractivity contribution in [3.8, 4) is 0 Å². The van der Waals surface area contributed by atoms with Crippen LogP contribution in [0.25, 0.3) is 10.9 Å². The number of H-pyrrole nitrogens is 1. The molecule has 0 aliphatic heterocycles. The highest BCUT2D eigenvalue weighted by Crippen LogP contribution is 2.34. The maximum atomic E-state index is 12.5. The molecular formula is C37H47N3O4. The number of amides is 1. The van der Waals surface area contributed by atoms with Gasteiger partial charge < -0.3 is 20.8 Å². The van der Waals surface area contributed by atoms with Gasteiger partial charge in [-0.2, -0.15) is 0 Å². The second kappa shape index (κ2) is 17.2. The summed E-state index contributed by atoms with van der Waals surface area (Å²) in [7, 11) is 0. The second-order valence-electron chi connectivity index (χ2n) is 11.2. The maximum Gasteiger partial charge on any atom is 0.312 e. The lowest BCUT2D eigenvalue weighted by Crippen LogP contribution is -2.41. The first-order valence-corrected chi connectivity index (χ1v) is 15.6. The highest BCUT2D eigenvalue weighted by Gasteiger charge is 2.37. The minimum Gasteiger partial charge on any atom is -0.466 e. The van der Waals surface area contributed by atoms with Crippen molar-refractivity contribution < 1.29 is 19.1 Å². The van der Waals surface area contributed by atoms with Gasteiger partial charge in [0.05, 0.1) is 18.1 Å². The fraction of sp³-hybridized carbons (Fsp3) is 0.378. The molecule has 4 N–H and O–H groups in total. The number of para-hydroxylation sites is 1. The Balaban J connectivity index is 0.000000251. The van der Waals surface area contributed by atoms with Gasteiger partial charge in [0.25, 0.3) is 5.91 Å². The number of ketones is 1. The first kappa shape index (κ1) is 34.3. The fourth-order valence-corrected chi connectivity index (χ4v) is 5.39. The highest BCUT2D eigenvalue weighted by molar-refractivity contribution is 5.98. The largest absolute Gasteiger partial charge is 0.466 e. The zero-order valence-corrected chi connectivity index (χ0v) is 26.5. The van der Waals surface area contributed by atoms with Gasteiger partial charge in [-0.15, -0.1) is 0 Å². The molecule has 1 amide bonds. The Morgan fingerprint density at radius 2 is 1.64 bits per heavy atom. The zero-order valence-electron chi connectivity index (χ0n) is 26.5. The Hall–Kier alpha value is -4.23. The van der Waals surface area contributed by atoms with Gasteiger partial charge in [-0.05, 0) is 68.0 Å². The number of ether oxygens (including phenoxy) is 1. The molecule has 7 heteroatoms. The molecule has 0 aliphatic rings. The number of carbonyl (C=O) groups is 3. The van der Waals surface area contributed by atoms with Crippen molar-refractivity contribution in [3.05, 3.63) is 107 Å². The molecule has 0 saturated heterocycles. The lowest BCUT2D eigenvalue weighted by molar-refractivity contribution is -0.156. The molecule has 0 unspecified atom stereocenters. The van der Waals surface area contributed by atoms with E-state index in [4.69, 9.17) is 10.5 Å². The minimum atomic E-state index is -0.576. The van der Waals surface area contributed by atoms with Gasteiger partial charge in [-0.3, -0.25) is 14.4 Å². The molecule has 3 aromatic carbocycles. The monoisotopic (exact) mass is 597 g/mol. The predicted molar refractivity (Wildman–Crippen MR) is 177 cm³/mol.